The Bertz CT molecular complexity index is 593. The van der Waals surface area contributed by atoms with E-state index in [0.29, 0.717) is 11.0 Å². The summed E-state index contributed by atoms with van der Waals surface area (Å²) in [5.41, 5.74) is 5.68. The topological polar surface area (TPSA) is 53.7 Å². The van der Waals surface area contributed by atoms with Crippen LogP contribution in [0.2, 0.25) is 0 Å². The summed E-state index contributed by atoms with van der Waals surface area (Å²) in [4.78, 5) is 0. The third kappa shape index (κ3) is 3.41. The van der Waals surface area contributed by atoms with Gasteiger partial charge in [-0.2, -0.15) is 0 Å². The Morgan fingerprint density at radius 1 is 1.17 bits per heavy atom. The predicted molar refractivity (Wildman–Crippen MR) is 86.0 cm³/mol. The molecule has 0 aliphatic carbocycles. The number of methoxy groups -OCH3 is 1. The maximum Gasteiger partial charge on any atom is 0.491 e. The van der Waals surface area contributed by atoms with Crippen LogP contribution in [0.3, 0.4) is 0 Å². The van der Waals surface area contributed by atoms with Crippen molar-refractivity contribution in [3.63, 3.8) is 0 Å². The molecular weight excluding hydrogens is 303 g/mol. The molecule has 0 spiro atoms. The Morgan fingerprint density at radius 2 is 1.65 bits per heavy atom. The zero-order valence-electron chi connectivity index (χ0n) is 14.1. The van der Waals surface area contributed by atoms with Crippen molar-refractivity contribution in [2.24, 2.45) is 5.73 Å². The fraction of sp³-hybridized carbons (Fsp3) is 0.500. The lowest BCUT2D eigenvalue weighted by Crippen LogP contribution is -2.41. The molecule has 0 radical (unpaired) electrons. The number of benzene rings is 1. The van der Waals surface area contributed by atoms with Gasteiger partial charge in [0, 0.05) is 6.54 Å². The summed E-state index contributed by atoms with van der Waals surface area (Å²) in [6.07, 6.45) is 1.58. The highest BCUT2D eigenvalue weighted by Crippen LogP contribution is 2.38. The molecule has 126 valence electrons. The van der Waals surface area contributed by atoms with Crippen LogP contribution in [0.15, 0.2) is 17.6 Å². The number of rotatable bonds is 4. The highest BCUT2D eigenvalue weighted by Gasteiger charge is 2.52. The van der Waals surface area contributed by atoms with Crippen molar-refractivity contribution >= 4 is 13.2 Å². The van der Waals surface area contributed by atoms with Crippen LogP contribution in [0.1, 0.15) is 33.3 Å². The number of hydrogen-bond donors (Lipinski definition) is 1. The molecule has 0 amide bonds. The quantitative estimate of drug-likeness (QED) is 0.865. The SMILES string of the molecule is COc1c(F)cc(C=C(CN)B2OC(C)(C)C(C)(C)O2)cc1F. The molecular formula is C16H22BF2NO3. The average Bonchev–Trinajstić information content (AvgIpc) is 2.64. The van der Waals surface area contributed by atoms with E-state index in [-0.39, 0.29) is 6.54 Å². The molecule has 0 aromatic heterocycles. The summed E-state index contributed by atoms with van der Waals surface area (Å²) < 4.78 is 44.1. The number of halogens is 2. The van der Waals surface area contributed by atoms with Gasteiger partial charge in [0.1, 0.15) is 0 Å². The van der Waals surface area contributed by atoms with Gasteiger partial charge in [0.05, 0.1) is 18.3 Å². The fourth-order valence-corrected chi connectivity index (χ4v) is 2.29. The summed E-state index contributed by atoms with van der Waals surface area (Å²) >= 11 is 0. The van der Waals surface area contributed by atoms with Crippen LogP contribution >= 0.6 is 0 Å². The molecule has 1 aromatic carbocycles. The van der Waals surface area contributed by atoms with Crippen LogP contribution in [0.25, 0.3) is 6.08 Å². The minimum absolute atomic E-state index is 0.145. The van der Waals surface area contributed by atoms with Crippen molar-refractivity contribution in [1.29, 1.82) is 0 Å². The number of ether oxygens (including phenoxy) is 1. The van der Waals surface area contributed by atoms with Crippen LogP contribution < -0.4 is 10.5 Å². The first kappa shape index (κ1) is 17.9. The van der Waals surface area contributed by atoms with Gasteiger partial charge in [-0.25, -0.2) is 8.78 Å². The zero-order chi connectivity index (χ0) is 17.4. The smallest absolute Gasteiger partial charge is 0.491 e. The molecule has 1 aliphatic rings. The maximum atomic E-state index is 13.8. The van der Waals surface area contributed by atoms with Crippen molar-refractivity contribution in [3.05, 3.63) is 34.8 Å². The van der Waals surface area contributed by atoms with Crippen LogP contribution in [-0.2, 0) is 9.31 Å². The third-order valence-electron chi connectivity index (χ3n) is 4.37. The zero-order valence-corrected chi connectivity index (χ0v) is 14.1. The van der Waals surface area contributed by atoms with Crippen LogP contribution in [0.4, 0.5) is 8.78 Å². The maximum absolute atomic E-state index is 13.8. The van der Waals surface area contributed by atoms with Gasteiger partial charge in [-0.3, -0.25) is 0 Å². The Kier molecular flexibility index (Phi) is 4.85. The second kappa shape index (κ2) is 6.22. The van der Waals surface area contributed by atoms with Gasteiger partial charge in [0.25, 0.3) is 0 Å². The molecule has 1 aromatic rings. The van der Waals surface area contributed by atoms with Crippen molar-refractivity contribution in [1.82, 2.24) is 0 Å². The van der Waals surface area contributed by atoms with Gasteiger partial charge in [-0.05, 0) is 50.9 Å². The molecule has 1 fully saturated rings. The van der Waals surface area contributed by atoms with E-state index in [2.05, 4.69) is 4.74 Å². The largest absolute Gasteiger partial charge is 0.491 e. The summed E-state index contributed by atoms with van der Waals surface area (Å²) in [6.45, 7) is 7.84. The van der Waals surface area contributed by atoms with Gasteiger partial charge in [0.2, 0.25) is 0 Å². The van der Waals surface area contributed by atoms with E-state index in [4.69, 9.17) is 15.0 Å². The van der Waals surface area contributed by atoms with E-state index in [9.17, 15) is 8.78 Å². The first-order valence-electron chi connectivity index (χ1n) is 7.40. The minimum atomic E-state index is -0.774. The van der Waals surface area contributed by atoms with Crippen LogP contribution in [0, 0.1) is 11.6 Å². The lowest BCUT2D eigenvalue weighted by atomic mass is 9.77. The lowest BCUT2D eigenvalue weighted by molar-refractivity contribution is 0.00578. The van der Waals surface area contributed by atoms with E-state index < -0.39 is 35.7 Å². The van der Waals surface area contributed by atoms with Crippen molar-refractivity contribution in [2.45, 2.75) is 38.9 Å². The highest BCUT2D eigenvalue weighted by molar-refractivity contribution is 6.55. The van der Waals surface area contributed by atoms with Gasteiger partial charge in [-0.15, -0.1) is 0 Å². The van der Waals surface area contributed by atoms with Crippen molar-refractivity contribution < 1.29 is 22.8 Å². The second-order valence-electron chi connectivity index (χ2n) is 6.53. The Balaban J connectivity index is 2.34. The summed E-state index contributed by atoms with van der Waals surface area (Å²) in [5, 5.41) is 0. The second-order valence-corrected chi connectivity index (χ2v) is 6.53. The van der Waals surface area contributed by atoms with E-state index in [0.717, 1.165) is 0 Å². The normalized spacial score (nSPS) is 20.0. The van der Waals surface area contributed by atoms with Crippen molar-refractivity contribution in [3.8, 4) is 5.75 Å². The monoisotopic (exact) mass is 325 g/mol. The van der Waals surface area contributed by atoms with Crippen LogP contribution in [0.5, 0.6) is 5.75 Å². The van der Waals surface area contributed by atoms with E-state index in [1.54, 1.807) is 6.08 Å². The molecule has 1 saturated heterocycles. The molecule has 7 heteroatoms. The van der Waals surface area contributed by atoms with Crippen molar-refractivity contribution in [2.75, 3.05) is 13.7 Å². The summed E-state index contributed by atoms with van der Waals surface area (Å²) in [7, 11) is 0.561. The minimum Gasteiger partial charge on any atom is -0.491 e. The molecule has 4 nitrogen and oxygen atoms in total. The Morgan fingerprint density at radius 3 is 2.04 bits per heavy atom. The highest BCUT2D eigenvalue weighted by atomic mass is 19.1. The van der Waals surface area contributed by atoms with E-state index >= 15 is 0 Å². The van der Waals surface area contributed by atoms with E-state index in [1.165, 1.54) is 19.2 Å². The van der Waals surface area contributed by atoms with Gasteiger partial charge >= 0.3 is 7.12 Å². The molecule has 0 saturated carbocycles. The van der Waals surface area contributed by atoms with Gasteiger partial charge in [0.15, 0.2) is 17.4 Å². The molecule has 0 atom stereocenters. The molecule has 2 rings (SSSR count). The third-order valence-corrected chi connectivity index (χ3v) is 4.37. The standard InChI is InChI=1S/C16H22BF2NO3/c1-15(2)16(3,4)23-17(22-15)11(9-20)6-10-7-12(18)14(21-5)13(19)8-10/h6-8H,9,20H2,1-5H3. The molecule has 2 N–H and O–H groups in total. The predicted octanol–water partition coefficient (Wildman–Crippen LogP) is 2.95. The Hall–Kier alpha value is -1.44. The number of nitrogens with two attached hydrogens (primary N) is 1. The fourth-order valence-electron chi connectivity index (χ4n) is 2.29. The number of hydrogen-bond acceptors (Lipinski definition) is 4. The Labute approximate surface area is 135 Å². The van der Waals surface area contributed by atoms with Crippen LogP contribution in [-0.4, -0.2) is 32.0 Å². The summed E-state index contributed by atoms with van der Waals surface area (Å²) in [5.74, 6) is -1.96. The van der Waals surface area contributed by atoms with Gasteiger partial charge in [-0.1, -0.05) is 6.08 Å². The summed E-state index contributed by atoms with van der Waals surface area (Å²) in [6, 6.07) is 2.37. The molecule has 23 heavy (non-hydrogen) atoms. The lowest BCUT2D eigenvalue weighted by Gasteiger charge is -2.32. The van der Waals surface area contributed by atoms with Gasteiger partial charge < -0.3 is 19.8 Å². The molecule has 1 aliphatic heterocycles. The molecule has 0 unspecified atom stereocenters. The average molecular weight is 325 g/mol. The molecule has 0 bridgehead atoms. The van der Waals surface area contributed by atoms with E-state index in [1.807, 2.05) is 27.7 Å². The first-order valence-corrected chi connectivity index (χ1v) is 7.40. The molecule has 1 heterocycles. The first-order chi connectivity index (χ1) is 10.6.